The van der Waals surface area contributed by atoms with Crippen LogP contribution in [0.4, 0.5) is 0 Å². The normalized spacial score (nSPS) is 13.8. The third kappa shape index (κ3) is 3.26. The molecule has 25 heavy (non-hydrogen) atoms. The molecule has 3 heteroatoms. The topological polar surface area (TPSA) is 36.8 Å². The number of hydrogen-bond donors (Lipinski definition) is 1. The average Bonchev–Trinajstić information content (AvgIpc) is 2.93. The molecule has 1 aliphatic heterocycles. The van der Waals surface area contributed by atoms with Gasteiger partial charge in [-0.15, -0.1) is 0 Å². The lowest BCUT2D eigenvalue weighted by molar-refractivity contribution is 0.992. The zero-order valence-corrected chi connectivity index (χ0v) is 13.6. The summed E-state index contributed by atoms with van der Waals surface area (Å²) in [6.07, 6.45) is 1.89. The second kappa shape index (κ2) is 6.97. The van der Waals surface area contributed by atoms with Crippen LogP contribution in [0.2, 0.25) is 0 Å². The van der Waals surface area contributed by atoms with Gasteiger partial charge < -0.3 is 0 Å². The van der Waals surface area contributed by atoms with Crippen LogP contribution in [-0.2, 0) is 0 Å². The molecular formula is C22H17N3. The Bertz CT molecular complexity index is 940. The van der Waals surface area contributed by atoms with Crippen molar-refractivity contribution in [3.63, 3.8) is 0 Å². The maximum absolute atomic E-state index is 4.63. The van der Waals surface area contributed by atoms with Crippen molar-refractivity contribution in [2.45, 2.75) is 0 Å². The molecule has 0 unspecified atom stereocenters. The lowest BCUT2D eigenvalue weighted by atomic mass is 10.0. The lowest BCUT2D eigenvalue weighted by Gasteiger charge is -2.11. The lowest BCUT2D eigenvalue weighted by Crippen LogP contribution is -2.09. The molecule has 0 fully saturated rings. The first-order valence-corrected chi connectivity index (χ1v) is 8.20. The van der Waals surface area contributed by atoms with Gasteiger partial charge in [-0.1, -0.05) is 91.0 Å². The number of allylic oxidation sites excluding steroid dienone is 1. The number of hydrazone groups is 1. The van der Waals surface area contributed by atoms with Gasteiger partial charge in [-0.3, -0.25) is 5.43 Å². The average molecular weight is 323 g/mol. The van der Waals surface area contributed by atoms with Gasteiger partial charge in [0.25, 0.3) is 0 Å². The highest BCUT2D eigenvalue weighted by Crippen LogP contribution is 2.25. The van der Waals surface area contributed by atoms with Crippen LogP contribution in [0.25, 0.3) is 11.3 Å². The highest BCUT2D eigenvalue weighted by atomic mass is 15.3. The van der Waals surface area contributed by atoms with Crippen LogP contribution in [-0.4, -0.2) is 12.1 Å². The van der Waals surface area contributed by atoms with Gasteiger partial charge in [0, 0.05) is 22.9 Å². The molecule has 0 saturated carbocycles. The smallest absolute Gasteiger partial charge is 0.179 e. The minimum absolute atomic E-state index is 0.667. The zero-order valence-electron chi connectivity index (χ0n) is 13.6. The van der Waals surface area contributed by atoms with E-state index in [9.17, 15) is 0 Å². The molecule has 1 aliphatic rings. The van der Waals surface area contributed by atoms with E-state index in [0.29, 0.717) is 5.84 Å². The van der Waals surface area contributed by atoms with Crippen molar-refractivity contribution in [2.24, 2.45) is 10.1 Å². The summed E-state index contributed by atoms with van der Waals surface area (Å²) in [5.74, 6) is 0.667. The summed E-state index contributed by atoms with van der Waals surface area (Å²) in [5, 5.41) is 4.54. The molecule has 4 rings (SSSR count). The molecular weight excluding hydrogens is 306 g/mol. The Balaban J connectivity index is 1.82. The molecule has 0 spiro atoms. The van der Waals surface area contributed by atoms with E-state index >= 15 is 0 Å². The van der Waals surface area contributed by atoms with Crippen molar-refractivity contribution < 1.29 is 0 Å². The van der Waals surface area contributed by atoms with Crippen LogP contribution in [0.1, 0.15) is 16.7 Å². The summed E-state index contributed by atoms with van der Waals surface area (Å²) in [5.41, 5.74) is 8.35. The first-order valence-electron chi connectivity index (χ1n) is 8.20. The Kier molecular flexibility index (Phi) is 4.21. The third-order valence-electron chi connectivity index (χ3n) is 4.04. The van der Waals surface area contributed by atoms with Crippen molar-refractivity contribution in [2.75, 3.05) is 0 Å². The number of amidine groups is 1. The van der Waals surface area contributed by atoms with E-state index in [1.807, 2.05) is 72.9 Å². The summed E-state index contributed by atoms with van der Waals surface area (Å²) in [6.45, 7) is 0. The second-order valence-electron chi connectivity index (χ2n) is 5.69. The molecule has 3 aromatic rings. The van der Waals surface area contributed by atoms with Crippen molar-refractivity contribution >= 4 is 23.3 Å². The predicted octanol–water partition coefficient (Wildman–Crippen LogP) is 4.59. The van der Waals surface area contributed by atoms with Gasteiger partial charge in [0.1, 0.15) is 0 Å². The SMILES string of the molecule is C1=NC(c2ccccc2)=NNC(c2ccccc2)=C1c1ccccc1. The fraction of sp³-hybridized carbons (Fsp3) is 0. The van der Waals surface area contributed by atoms with Crippen LogP contribution in [0.3, 0.4) is 0 Å². The molecule has 0 radical (unpaired) electrons. The molecule has 0 aromatic heterocycles. The first kappa shape index (κ1) is 15.1. The second-order valence-corrected chi connectivity index (χ2v) is 5.69. The minimum Gasteiger partial charge on any atom is -0.275 e. The van der Waals surface area contributed by atoms with Crippen LogP contribution in [0.5, 0.6) is 0 Å². The molecule has 3 nitrogen and oxygen atoms in total. The maximum Gasteiger partial charge on any atom is 0.179 e. The van der Waals surface area contributed by atoms with E-state index in [-0.39, 0.29) is 0 Å². The van der Waals surface area contributed by atoms with Crippen molar-refractivity contribution in [1.29, 1.82) is 0 Å². The van der Waals surface area contributed by atoms with E-state index < -0.39 is 0 Å². The predicted molar refractivity (Wildman–Crippen MR) is 104 cm³/mol. The van der Waals surface area contributed by atoms with E-state index in [1.54, 1.807) is 0 Å². The van der Waals surface area contributed by atoms with Gasteiger partial charge in [0.05, 0.1) is 5.70 Å². The number of benzene rings is 3. The van der Waals surface area contributed by atoms with Gasteiger partial charge in [0.2, 0.25) is 0 Å². The van der Waals surface area contributed by atoms with Gasteiger partial charge in [-0.25, -0.2) is 4.99 Å². The fourth-order valence-electron chi connectivity index (χ4n) is 2.78. The number of rotatable bonds is 3. The Hall–Kier alpha value is -3.46. The zero-order chi connectivity index (χ0) is 16.9. The van der Waals surface area contributed by atoms with Crippen LogP contribution in [0.15, 0.2) is 101 Å². The number of hydrogen-bond acceptors (Lipinski definition) is 3. The highest BCUT2D eigenvalue weighted by Gasteiger charge is 2.14. The monoisotopic (exact) mass is 323 g/mol. The number of nitrogens with zero attached hydrogens (tertiary/aromatic N) is 2. The van der Waals surface area contributed by atoms with Crippen molar-refractivity contribution in [3.05, 3.63) is 108 Å². The van der Waals surface area contributed by atoms with Crippen LogP contribution in [0, 0.1) is 0 Å². The molecule has 1 heterocycles. The van der Waals surface area contributed by atoms with Crippen LogP contribution < -0.4 is 5.43 Å². The molecule has 0 bridgehead atoms. The van der Waals surface area contributed by atoms with Crippen molar-refractivity contribution in [1.82, 2.24) is 5.43 Å². The third-order valence-corrected chi connectivity index (χ3v) is 4.04. The molecule has 1 N–H and O–H groups in total. The molecule has 0 saturated heterocycles. The molecule has 120 valence electrons. The maximum atomic E-state index is 4.63. The molecule has 0 aliphatic carbocycles. The van der Waals surface area contributed by atoms with Gasteiger partial charge in [0.15, 0.2) is 5.84 Å². The van der Waals surface area contributed by atoms with E-state index in [0.717, 1.165) is 28.0 Å². The summed E-state index contributed by atoms with van der Waals surface area (Å²) in [6, 6.07) is 30.4. The summed E-state index contributed by atoms with van der Waals surface area (Å²) in [4.78, 5) is 4.63. The first-order chi connectivity index (χ1) is 12.4. The summed E-state index contributed by atoms with van der Waals surface area (Å²) < 4.78 is 0. The summed E-state index contributed by atoms with van der Waals surface area (Å²) >= 11 is 0. The Labute approximate surface area is 147 Å². The number of aliphatic imine (C=N–C) groups is 1. The Morgan fingerprint density at radius 2 is 1.08 bits per heavy atom. The molecule has 0 amide bonds. The highest BCUT2D eigenvalue weighted by molar-refractivity contribution is 6.23. The van der Waals surface area contributed by atoms with Gasteiger partial charge in [-0.2, -0.15) is 5.10 Å². The summed E-state index contributed by atoms with van der Waals surface area (Å²) in [7, 11) is 0. The standard InChI is InChI=1S/C22H17N3/c1-4-10-17(11-5-1)20-16-23-22(19-14-8-3-9-15-19)25-24-21(20)18-12-6-2-7-13-18/h1-16,24H. The largest absolute Gasteiger partial charge is 0.275 e. The Morgan fingerprint density at radius 3 is 1.68 bits per heavy atom. The number of nitrogens with one attached hydrogen (secondary N) is 1. The molecule has 0 atom stereocenters. The quantitative estimate of drug-likeness (QED) is 0.752. The van der Waals surface area contributed by atoms with E-state index in [2.05, 4.69) is 39.8 Å². The molecule has 3 aromatic carbocycles. The Morgan fingerprint density at radius 1 is 0.560 bits per heavy atom. The van der Waals surface area contributed by atoms with Crippen LogP contribution >= 0.6 is 0 Å². The van der Waals surface area contributed by atoms with E-state index in [4.69, 9.17) is 0 Å². The van der Waals surface area contributed by atoms with Gasteiger partial charge >= 0.3 is 0 Å². The van der Waals surface area contributed by atoms with E-state index in [1.165, 1.54) is 0 Å². The minimum atomic E-state index is 0.667. The van der Waals surface area contributed by atoms with Crippen molar-refractivity contribution in [3.8, 4) is 0 Å². The fourth-order valence-corrected chi connectivity index (χ4v) is 2.78. The van der Waals surface area contributed by atoms with Gasteiger partial charge in [-0.05, 0) is 5.56 Å².